The van der Waals surface area contributed by atoms with E-state index in [0.717, 1.165) is 11.9 Å². The second-order valence-corrected chi connectivity index (χ2v) is 4.53. The van der Waals surface area contributed by atoms with Gasteiger partial charge in [-0.15, -0.1) is 11.3 Å². The Hall–Kier alpha value is -2.28. The summed E-state index contributed by atoms with van der Waals surface area (Å²) in [5, 5.41) is 15.1. The Morgan fingerprint density at radius 1 is 1.58 bits per heavy atom. The Morgan fingerprint density at radius 2 is 2.37 bits per heavy atom. The van der Waals surface area contributed by atoms with Crippen molar-refractivity contribution in [2.45, 2.75) is 6.92 Å². The third-order valence-electron chi connectivity index (χ3n) is 2.26. The van der Waals surface area contributed by atoms with Crippen molar-refractivity contribution in [3.05, 3.63) is 46.2 Å². The first-order valence-electron chi connectivity index (χ1n) is 5.31. The first kappa shape index (κ1) is 13.2. The Bertz CT molecular complexity index is 640. The molecule has 0 radical (unpaired) electrons. The second-order valence-electron chi connectivity index (χ2n) is 3.67. The predicted octanol–water partition coefficient (Wildman–Crippen LogP) is 2.73. The number of aromatic carboxylic acids is 1. The standard InChI is InChI=1S/C12H10FN3O2S/c1-7-6-19-12(15-7)16-14-5-9-8(11(17)18)3-2-4-10(9)13/h2-6H,1H3,(H,15,16)(H,17,18). The van der Waals surface area contributed by atoms with E-state index in [1.807, 2.05) is 12.3 Å². The van der Waals surface area contributed by atoms with E-state index in [9.17, 15) is 9.18 Å². The fraction of sp³-hybridized carbons (Fsp3) is 0.0833. The van der Waals surface area contributed by atoms with Crippen molar-refractivity contribution in [2.24, 2.45) is 5.10 Å². The molecule has 2 rings (SSSR count). The van der Waals surface area contributed by atoms with Crippen LogP contribution in [0.1, 0.15) is 21.6 Å². The number of carboxylic acid groups (broad SMARTS) is 1. The number of anilines is 1. The Labute approximate surface area is 112 Å². The van der Waals surface area contributed by atoms with Gasteiger partial charge in [0.2, 0.25) is 5.13 Å². The molecule has 0 unspecified atom stereocenters. The van der Waals surface area contributed by atoms with Gasteiger partial charge in [0.25, 0.3) is 0 Å². The molecule has 0 saturated heterocycles. The Morgan fingerprint density at radius 3 is 3.00 bits per heavy atom. The summed E-state index contributed by atoms with van der Waals surface area (Å²) < 4.78 is 13.5. The van der Waals surface area contributed by atoms with Crippen LogP contribution in [0.3, 0.4) is 0 Å². The number of nitrogens with zero attached hydrogens (tertiary/aromatic N) is 2. The number of hydrogen-bond acceptors (Lipinski definition) is 5. The molecule has 1 heterocycles. The van der Waals surface area contributed by atoms with Gasteiger partial charge in [0.05, 0.1) is 17.5 Å². The van der Waals surface area contributed by atoms with Crippen molar-refractivity contribution < 1.29 is 14.3 Å². The molecule has 1 aromatic heterocycles. The smallest absolute Gasteiger partial charge is 0.336 e. The van der Waals surface area contributed by atoms with E-state index in [4.69, 9.17) is 5.11 Å². The lowest BCUT2D eigenvalue weighted by molar-refractivity contribution is 0.0696. The van der Waals surface area contributed by atoms with Gasteiger partial charge >= 0.3 is 5.97 Å². The SMILES string of the molecule is Cc1csc(NN=Cc2c(F)cccc2C(=O)O)n1. The molecule has 0 saturated carbocycles. The summed E-state index contributed by atoms with van der Waals surface area (Å²) in [6, 6.07) is 3.84. The molecule has 0 aliphatic heterocycles. The molecule has 2 N–H and O–H groups in total. The number of hydrazone groups is 1. The maximum absolute atomic E-state index is 13.5. The van der Waals surface area contributed by atoms with E-state index in [1.165, 1.54) is 29.5 Å². The minimum absolute atomic E-state index is 0.0734. The summed E-state index contributed by atoms with van der Waals surface area (Å²) in [6.45, 7) is 1.84. The fourth-order valence-electron chi connectivity index (χ4n) is 1.41. The number of thiazole rings is 1. The quantitative estimate of drug-likeness (QED) is 0.666. The highest BCUT2D eigenvalue weighted by molar-refractivity contribution is 7.13. The van der Waals surface area contributed by atoms with E-state index in [-0.39, 0.29) is 11.1 Å². The molecule has 0 atom stereocenters. The topological polar surface area (TPSA) is 74.6 Å². The third kappa shape index (κ3) is 3.14. The minimum atomic E-state index is -1.20. The highest BCUT2D eigenvalue weighted by Gasteiger charge is 2.12. The molecular formula is C12H10FN3O2S. The summed E-state index contributed by atoms with van der Waals surface area (Å²) in [6.07, 6.45) is 1.13. The number of rotatable bonds is 4. The monoisotopic (exact) mass is 279 g/mol. The lowest BCUT2D eigenvalue weighted by Gasteiger charge is -2.01. The summed E-state index contributed by atoms with van der Waals surface area (Å²) in [7, 11) is 0. The maximum Gasteiger partial charge on any atom is 0.336 e. The van der Waals surface area contributed by atoms with E-state index in [2.05, 4.69) is 15.5 Å². The Kier molecular flexibility index (Phi) is 3.86. The van der Waals surface area contributed by atoms with E-state index < -0.39 is 11.8 Å². The molecule has 0 aliphatic rings. The van der Waals surface area contributed by atoms with Gasteiger partial charge in [0.1, 0.15) is 5.82 Å². The molecule has 7 heteroatoms. The molecule has 0 fully saturated rings. The van der Waals surface area contributed by atoms with Gasteiger partial charge in [-0.1, -0.05) is 6.07 Å². The van der Waals surface area contributed by atoms with Crippen molar-refractivity contribution in [3.8, 4) is 0 Å². The van der Waals surface area contributed by atoms with Gasteiger partial charge in [-0.3, -0.25) is 5.43 Å². The number of hydrogen-bond donors (Lipinski definition) is 2. The van der Waals surface area contributed by atoms with Gasteiger partial charge in [-0.25, -0.2) is 14.2 Å². The normalized spacial score (nSPS) is 10.8. The lowest BCUT2D eigenvalue weighted by Crippen LogP contribution is -2.05. The van der Waals surface area contributed by atoms with Crippen LogP contribution < -0.4 is 5.43 Å². The lowest BCUT2D eigenvalue weighted by atomic mass is 10.1. The molecule has 1 aromatic carbocycles. The van der Waals surface area contributed by atoms with E-state index in [1.54, 1.807) is 0 Å². The summed E-state index contributed by atoms with van der Waals surface area (Å²) in [5.41, 5.74) is 3.26. The average Bonchev–Trinajstić information content (AvgIpc) is 2.77. The van der Waals surface area contributed by atoms with Crippen LogP contribution in [0.2, 0.25) is 0 Å². The fourth-order valence-corrected chi connectivity index (χ4v) is 2.05. The van der Waals surface area contributed by atoms with Crippen molar-refractivity contribution in [3.63, 3.8) is 0 Å². The number of nitrogens with one attached hydrogen (secondary N) is 1. The van der Waals surface area contributed by atoms with Crippen molar-refractivity contribution >= 4 is 28.7 Å². The van der Waals surface area contributed by atoms with Gasteiger partial charge in [0.15, 0.2) is 0 Å². The minimum Gasteiger partial charge on any atom is -0.478 e. The van der Waals surface area contributed by atoms with Crippen LogP contribution in [0, 0.1) is 12.7 Å². The Balaban J connectivity index is 2.21. The van der Waals surface area contributed by atoms with Crippen molar-refractivity contribution in [1.82, 2.24) is 4.98 Å². The molecule has 19 heavy (non-hydrogen) atoms. The second kappa shape index (κ2) is 5.57. The van der Waals surface area contributed by atoms with E-state index in [0.29, 0.717) is 5.13 Å². The summed E-state index contributed by atoms with van der Waals surface area (Å²) in [4.78, 5) is 15.1. The number of aromatic nitrogens is 1. The first-order chi connectivity index (χ1) is 9.08. The largest absolute Gasteiger partial charge is 0.478 e. The molecular weight excluding hydrogens is 269 g/mol. The number of aryl methyl sites for hydroxylation is 1. The summed E-state index contributed by atoms with van der Waals surface area (Å²) in [5.74, 6) is -1.84. The van der Waals surface area contributed by atoms with E-state index >= 15 is 0 Å². The molecule has 98 valence electrons. The average molecular weight is 279 g/mol. The zero-order chi connectivity index (χ0) is 13.8. The molecule has 0 bridgehead atoms. The zero-order valence-corrected chi connectivity index (χ0v) is 10.7. The van der Waals surface area contributed by atoms with Gasteiger partial charge in [-0.2, -0.15) is 5.10 Å². The predicted molar refractivity (Wildman–Crippen MR) is 71.4 cm³/mol. The van der Waals surface area contributed by atoms with Crippen LogP contribution in [0.15, 0.2) is 28.7 Å². The highest BCUT2D eigenvalue weighted by Crippen LogP contribution is 2.15. The summed E-state index contributed by atoms with van der Waals surface area (Å²) >= 11 is 1.35. The number of benzene rings is 1. The first-order valence-corrected chi connectivity index (χ1v) is 6.19. The maximum atomic E-state index is 13.5. The molecule has 0 spiro atoms. The van der Waals surface area contributed by atoms with Crippen LogP contribution in [0.4, 0.5) is 9.52 Å². The highest BCUT2D eigenvalue weighted by atomic mass is 32.1. The molecule has 5 nitrogen and oxygen atoms in total. The van der Waals surface area contributed by atoms with Crippen LogP contribution in [0.5, 0.6) is 0 Å². The van der Waals surface area contributed by atoms with Crippen LogP contribution >= 0.6 is 11.3 Å². The van der Waals surface area contributed by atoms with Crippen LogP contribution in [-0.4, -0.2) is 22.3 Å². The molecule has 0 amide bonds. The third-order valence-corrected chi connectivity index (χ3v) is 3.12. The number of carboxylic acids is 1. The van der Waals surface area contributed by atoms with Crippen molar-refractivity contribution in [2.75, 3.05) is 5.43 Å². The number of carbonyl (C=O) groups is 1. The van der Waals surface area contributed by atoms with Gasteiger partial charge < -0.3 is 5.11 Å². The molecule has 0 aliphatic carbocycles. The van der Waals surface area contributed by atoms with Gasteiger partial charge in [-0.05, 0) is 19.1 Å². The van der Waals surface area contributed by atoms with Crippen LogP contribution in [-0.2, 0) is 0 Å². The zero-order valence-electron chi connectivity index (χ0n) is 9.92. The van der Waals surface area contributed by atoms with Crippen LogP contribution in [0.25, 0.3) is 0 Å². The van der Waals surface area contributed by atoms with Crippen molar-refractivity contribution in [1.29, 1.82) is 0 Å². The van der Waals surface area contributed by atoms with Gasteiger partial charge in [0, 0.05) is 10.9 Å². The molecule has 2 aromatic rings. The number of halogens is 1.